The lowest BCUT2D eigenvalue weighted by atomic mass is 9.78. The van der Waals surface area contributed by atoms with E-state index in [-0.39, 0.29) is 0 Å². The molecule has 1 aromatic carbocycles. The minimum atomic E-state index is 0.316. The molecule has 0 saturated carbocycles. The summed E-state index contributed by atoms with van der Waals surface area (Å²) < 4.78 is 0. The van der Waals surface area contributed by atoms with E-state index in [1.807, 2.05) is 12.1 Å². The fraction of sp³-hybridized carbons (Fsp3) is 0.500. The second kappa shape index (κ2) is 3.41. The van der Waals surface area contributed by atoms with Gasteiger partial charge in [0.25, 0.3) is 0 Å². The fourth-order valence-corrected chi connectivity index (χ4v) is 1.28. The van der Waals surface area contributed by atoms with Gasteiger partial charge in [0.1, 0.15) is 0 Å². The van der Waals surface area contributed by atoms with E-state index in [0.29, 0.717) is 11.3 Å². The summed E-state index contributed by atoms with van der Waals surface area (Å²) in [5.74, 6) is 0.563. The summed E-state index contributed by atoms with van der Waals surface area (Å²) in [6.45, 7) is 9.03. The second-order valence-corrected chi connectivity index (χ2v) is 4.75. The molecule has 1 heteroatoms. The van der Waals surface area contributed by atoms with Crippen molar-refractivity contribution in [3.63, 3.8) is 0 Å². The van der Waals surface area contributed by atoms with Gasteiger partial charge in [-0.05, 0) is 29.0 Å². The van der Waals surface area contributed by atoms with Crippen LogP contribution in [0.3, 0.4) is 0 Å². The molecule has 72 valence electrons. The highest BCUT2D eigenvalue weighted by Crippen LogP contribution is 2.34. The molecule has 1 rings (SSSR count). The third kappa shape index (κ3) is 2.48. The maximum absolute atomic E-state index is 5.64. The topological polar surface area (TPSA) is 26.0 Å². The first-order valence-corrected chi connectivity index (χ1v) is 4.76. The highest BCUT2D eigenvalue weighted by atomic mass is 14.5. The van der Waals surface area contributed by atoms with Crippen LogP contribution in [-0.2, 0) is 0 Å². The Kier molecular flexibility index (Phi) is 2.65. The standard InChI is InChI=1S/C12H19N/c1-9(12(2,3)4)10-5-7-11(13)8-6-10/h5-9H,13H2,1-4H3. The van der Waals surface area contributed by atoms with E-state index in [1.54, 1.807) is 0 Å². The molecule has 0 radical (unpaired) electrons. The number of hydrogen-bond acceptors (Lipinski definition) is 1. The Labute approximate surface area is 81.0 Å². The Morgan fingerprint density at radius 3 is 1.92 bits per heavy atom. The Hall–Kier alpha value is -0.980. The average molecular weight is 177 g/mol. The molecule has 0 aliphatic rings. The van der Waals surface area contributed by atoms with Crippen LogP contribution < -0.4 is 5.73 Å². The Bertz CT molecular complexity index is 266. The quantitative estimate of drug-likeness (QED) is 0.653. The van der Waals surface area contributed by atoms with Gasteiger partial charge in [-0.2, -0.15) is 0 Å². The highest BCUT2D eigenvalue weighted by Gasteiger charge is 2.21. The van der Waals surface area contributed by atoms with E-state index in [0.717, 1.165) is 5.69 Å². The first-order chi connectivity index (χ1) is 5.91. The normalized spacial score (nSPS) is 14.2. The Morgan fingerprint density at radius 2 is 1.54 bits per heavy atom. The molecule has 13 heavy (non-hydrogen) atoms. The van der Waals surface area contributed by atoms with E-state index >= 15 is 0 Å². The zero-order chi connectivity index (χ0) is 10.1. The number of anilines is 1. The van der Waals surface area contributed by atoms with Gasteiger partial charge in [0, 0.05) is 5.69 Å². The third-order valence-electron chi connectivity index (χ3n) is 2.74. The molecule has 0 heterocycles. The van der Waals surface area contributed by atoms with Crippen LogP contribution in [0.25, 0.3) is 0 Å². The van der Waals surface area contributed by atoms with E-state index in [4.69, 9.17) is 5.73 Å². The van der Waals surface area contributed by atoms with Crippen LogP contribution in [0.1, 0.15) is 39.2 Å². The predicted octanol–water partition coefficient (Wildman–Crippen LogP) is 3.42. The van der Waals surface area contributed by atoms with E-state index < -0.39 is 0 Å². The monoisotopic (exact) mass is 177 g/mol. The van der Waals surface area contributed by atoms with Gasteiger partial charge >= 0.3 is 0 Å². The molecule has 0 saturated heterocycles. The van der Waals surface area contributed by atoms with Gasteiger partial charge in [0.15, 0.2) is 0 Å². The minimum Gasteiger partial charge on any atom is -0.399 e. The number of benzene rings is 1. The predicted molar refractivity (Wildman–Crippen MR) is 58.7 cm³/mol. The molecule has 1 atom stereocenters. The number of rotatable bonds is 1. The van der Waals surface area contributed by atoms with E-state index in [9.17, 15) is 0 Å². The van der Waals surface area contributed by atoms with Gasteiger partial charge in [0.05, 0.1) is 0 Å². The molecule has 1 aromatic rings. The minimum absolute atomic E-state index is 0.316. The van der Waals surface area contributed by atoms with Crippen LogP contribution in [0.15, 0.2) is 24.3 Å². The third-order valence-corrected chi connectivity index (χ3v) is 2.74. The van der Waals surface area contributed by atoms with Crippen molar-refractivity contribution in [2.75, 3.05) is 5.73 Å². The lowest BCUT2D eigenvalue weighted by molar-refractivity contribution is 0.339. The number of nitrogens with two attached hydrogens (primary N) is 1. The molecule has 1 unspecified atom stereocenters. The summed E-state index contributed by atoms with van der Waals surface area (Å²) in [5.41, 5.74) is 8.15. The van der Waals surface area contributed by atoms with E-state index in [1.165, 1.54) is 5.56 Å². The van der Waals surface area contributed by atoms with Crippen LogP contribution in [-0.4, -0.2) is 0 Å². The van der Waals surface area contributed by atoms with Crippen LogP contribution in [0.5, 0.6) is 0 Å². The van der Waals surface area contributed by atoms with Crippen molar-refractivity contribution in [1.82, 2.24) is 0 Å². The maximum Gasteiger partial charge on any atom is 0.0314 e. The molecule has 2 N–H and O–H groups in total. The fourth-order valence-electron chi connectivity index (χ4n) is 1.28. The molecule has 0 aliphatic carbocycles. The molecular weight excluding hydrogens is 158 g/mol. The molecule has 1 nitrogen and oxygen atoms in total. The zero-order valence-electron chi connectivity index (χ0n) is 8.96. The molecule has 0 spiro atoms. The van der Waals surface area contributed by atoms with Gasteiger partial charge < -0.3 is 5.73 Å². The molecule has 0 fully saturated rings. The highest BCUT2D eigenvalue weighted by molar-refractivity contribution is 5.40. The molecule has 0 bridgehead atoms. The van der Waals surface area contributed by atoms with Crippen molar-refractivity contribution < 1.29 is 0 Å². The molecular formula is C12H19N. The van der Waals surface area contributed by atoms with Gasteiger partial charge in [-0.15, -0.1) is 0 Å². The van der Waals surface area contributed by atoms with Crippen LogP contribution >= 0.6 is 0 Å². The molecule has 0 amide bonds. The van der Waals surface area contributed by atoms with Gasteiger partial charge in [0.2, 0.25) is 0 Å². The first-order valence-electron chi connectivity index (χ1n) is 4.76. The van der Waals surface area contributed by atoms with Gasteiger partial charge in [-0.1, -0.05) is 39.8 Å². The summed E-state index contributed by atoms with van der Waals surface area (Å²) in [4.78, 5) is 0. The van der Waals surface area contributed by atoms with Crippen molar-refractivity contribution in [3.8, 4) is 0 Å². The number of hydrogen-bond donors (Lipinski definition) is 1. The summed E-state index contributed by atoms with van der Waals surface area (Å²) in [6, 6.07) is 8.17. The molecule has 0 aromatic heterocycles. The Morgan fingerprint density at radius 1 is 1.08 bits per heavy atom. The smallest absolute Gasteiger partial charge is 0.0314 e. The first kappa shape index (κ1) is 10.1. The van der Waals surface area contributed by atoms with Crippen molar-refractivity contribution in [2.24, 2.45) is 5.41 Å². The van der Waals surface area contributed by atoms with Crippen molar-refractivity contribution in [2.45, 2.75) is 33.6 Å². The summed E-state index contributed by atoms with van der Waals surface area (Å²) in [7, 11) is 0. The summed E-state index contributed by atoms with van der Waals surface area (Å²) >= 11 is 0. The second-order valence-electron chi connectivity index (χ2n) is 4.75. The number of nitrogen functional groups attached to an aromatic ring is 1. The lowest BCUT2D eigenvalue weighted by Crippen LogP contribution is -2.15. The summed E-state index contributed by atoms with van der Waals surface area (Å²) in [5, 5.41) is 0. The zero-order valence-corrected chi connectivity index (χ0v) is 8.96. The van der Waals surface area contributed by atoms with Crippen LogP contribution in [0, 0.1) is 5.41 Å². The molecule has 0 aliphatic heterocycles. The van der Waals surface area contributed by atoms with Gasteiger partial charge in [-0.25, -0.2) is 0 Å². The largest absolute Gasteiger partial charge is 0.399 e. The lowest BCUT2D eigenvalue weighted by Gasteiger charge is -2.27. The van der Waals surface area contributed by atoms with Crippen molar-refractivity contribution in [1.29, 1.82) is 0 Å². The summed E-state index contributed by atoms with van der Waals surface area (Å²) in [6.07, 6.45) is 0. The van der Waals surface area contributed by atoms with Gasteiger partial charge in [-0.3, -0.25) is 0 Å². The van der Waals surface area contributed by atoms with Crippen molar-refractivity contribution >= 4 is 5.69 Å². The SMILES string of the molecule is CC(c1ccc(N)cc1)C(C)(C)C. The van der Waals surface area contributed by atoms with Crippen LogP contribution in [0.4, 0.5) is 5.69 Å². The van der Waals surface area contributed by atoms with Crippen molar-refractivity contribution in [3.05, 3.63) is 29.8 Å². The van der Waals surface area contributed by atoms with Crippen LogP contribution in [0.2, 0.25) is 0 Å². The maximum atomic E-state index is 5.64. The van der Waals surface area contributed by atoms with E-state index in [2.05, 4.69) is 39.8 Å². The Balaban J connectivity index is 2.90. The average Bonchev–Trinajstić information content (AvgIpc) is 2.03.